The molecule has 0 fully saturated rings. The van der Waals surface area contributed by atoms with Crippen LogP contribution in [0.5, 0.6) is 0 Å². The number of nitrogens with one attached hydrogen (secondary N) is 1. The van der Waals surface area contributed by atoms with Gasteiger partial charge in [0.15, 0.2) is 10.2 Å². The highest BCUT2D eigenvalue weighted by Gasteiger charge is 2.11. The van der Waals surface area contributed by atoms with Crippen molar-refractivity contribution in [1.29, 1.82) is 5.26 Å². The molecule has 0 radical (unpaired) electrons. The summed E-state index contributed by atoms with van der Waals surface area (Å²) >= 11 is 1.27. The van der Waals surface area contributed by atoms with E-state index in [-0.39, 0.29) is 5.57 Å². The Hall–Kier alpha value is -3.37. The predicted octanol–water partition coefficient (Wildman–Crippen LogP) is 4.07. The van der Waals surface area contributed by atoms with E-state index in [9.17, 15) is 10.1 Å². The van der Waals surface area contributed by atoms with Crippen molar-refractivity contribution in [1.82, 2.24) is 9.97 Å². The first-order valence-corrected chi connectivity index (χ1v) is 8.51. The smallest absolute Gasteiger partial charge is 0.266 e. The molecule has 7 heteroatoms. The monoisotopic (exact) mass is 362 g/mol. The van der Waals surface area contributed by atoms with Gasteiger partial charge >= 0.3 is 0 Å². The minimum absolute atomic E-state index is 0.0495. The van der Waals surface area contributed by atoms with Crippen molar-refractivity contribution in [3.05, 3.63) is 71.8 Å². The summed E-state index contributed by atoms with van der Waals surface area (Å²) in [6, 6.07) is 16.1. The molecule has 0 aliphatic rings. The lowest BCUT2D eigenvalue weighted by Gasteiger charge is -2.03. The Morgan fingerprint density at radius 1 is 1.23 bits per heavy atom. The van der Waals surface area contributed by atoms with E-state index >= 15 is 0 Å². The van der Waals surface area contributed by atoms with E-state index < -0.39 is 5.91 Å². The third kappa shape index (κ3) is 4.59. The number of carbonyl (C=O) groups excluding carboxylic acids is 1. The van der Waals surface area contributed by atoms with Crippen LogP contribution in [0, 0.1) is 18.3 Å². The Morgan fingerprint density at radius 2 is 2.04 bits per heavy atom. The summed E-state index contributed by atoms with van der Waals surface area (Å²) in [7, 11) is 0. The van der Waals surface area contributed by atoms with Gasteiger partial charge in [0.1, 0.15) is 17.4 Å². The number of nitrogens with zero attached hydrogens (tertiary/aromatic N) is 3. The topological polar surface area (TPSA) is 91.8 Å². The number of para-hydroxylation sites is 1. The summed E-state index contributed by atoms with van der Waals surface area (Å²) in [4.78, 5) is 20.7. The van der Waals surface area contributed by atoms with Crippen LogP contribution in [0.1, 0.15) is 11.5 Å². The second kappa shape index (κ2) is 8.14. The SMILES string of the molecule is Cc1ccnc(Sc2ccc(/C=C(\C#N)C(=O)Nc3ccccc3)o2)n1. The number of nitriles is 1. The summed E-state index contributed by atoms with van der Waals surface area (Å²) in [6.07, 6.45) is 3.08. The van der Waals surface area contributed by atoms with Crippen LogP contribution in [0.3, 0.4) is 0 Å². The van der Waals surface area contributed by atoms with Gasteiger partial charge in [-0.3, -0.25) is 4.79 Å². The Morgan fingerprint density at radius 3 is 2.77 bits per heavy atom. The lowest BCUT2D eigenvalue weighted by Crippen LogP contribution is -2.13. The molecular formula is C19H14N4O2S. The van der Waals surface area contributed by atoms with Crippen molar-refractivity contribution in [3.8, 4) is 6.07 Å². The van der Waals surface area contributed by atoms with E-state index in [1.54, 1.807) is 42.6 Å². The largest absolute Gasteiger partial charge is 0.450 e. The van der Waals surface area contributed by atoms with Crippen molar-refractivity contribution < 1.29 is 9.21 Å². The second-order valence-corrected chi connectivity index (χ2v) is 6.20. The van der Waals surface area contributed by atoms with E-state index in [0.29, 0.717) is 21.7 Å². The van der Waals surface area contributed by atoms with Gasteiger partial charge in [-0.1, -0.05) is 18.2 Å². The fraction of sp³-hybridized carbons (Fsp3) is 0.0526. The van der Waals surface area contributed by atoms with Crippen molar-refractivity contribution in [2.75, 3.05) is 5.32 Å². The quantitative estimate of drug-likeness (QED) is 0.418. The van der Waals surface area contributed by atoms with Crippen molar-refractivity contribution >= 4 is 29.4 Å². The average molecular weight is 362 g/mol. The lowest BCUT2D eigenvalue weighted by molar-refractivity contribution is -0.112. The molecule has 0 atom stereocenters. The van der Waals surface area contributed by atoms with E-state index in [0.717, 1.165) is 5.69 Å². The van der Waals surface area contributed by atoms with Gasteiger partial charge in [0.25, 0.3) is 5.91 Å². The van der Waals surface area contributed by atoms with Gasteiger partial charge in [0, 0.05) is 23.7 Å². The number of benzene rings is 1. The molecule has 0 spiro atoms. The van der Waals surface area contributed by atoms with Crippen molar-refractivity contribution in [2.24, 2.45) is 0 Å². The van der Waals surface area contributed by atoms with Crippen LogP contribution in [0.2, 0.25) is 0 Å². The van der Waals surface area contributed by atoms with E-state index in [1.807, 2.05) is 25.1 Å². The van der Waals surface area contributed by atoms with Crippen LogP contribution < -0.4 is 5.32 Å². The molecule has 0 bridgehead atoms. The molecule has 26 heavy (non-hydrogen) atoms. The third-order valence-corrected chi connectivity index (χ3v) is 4.05. The van der Waals surface area contributed by atoms with Gasteiger partial charge in [-0.2, -0.15) is 5.26 Å². The van der Waals surface area contributed by atoms with Gasteiger partial charge < -0.3 is 9.73 Å². The molecule has 6 nitrogen and oxygen atoms in total. The first-order valence-electron chi connectivity index (χ1n) is 7.69. The van der Waals surface area contributed by atoms with Crippen LogP contribution in [0.25, 0.3) is 6.08 Å². The molecule has 0 aliphatic carbocycles. The zero-order valence-corrected chi connectivity index (χ0v) is 14.7. The molecule has 128 valence electrons. The van der Waals surface area contributed by atoms with Crippen LogP contribution in [-0.2, 0) is 4.79 Å². The number of amides is 1. The molecule has 0 aliphatic heterocycles. The number of hydrogen-bond acceptors (Lipinski definition) is 6. The average Bonchev–Trinajstić information content (AvgIpc) is 3.07. The number of anilines is 1. The maximum atomic E-state index is 12.2. The molecular weight excluding hydrogens is 348 g/mol. The zero-order valence-electron chi connectivity index (χ0n) is 13.8. The molecule has 3 aromatic rings. The minimum Gasteiger partial charge on any atom is -0.450 e. The number of aryl methyl sites for hydroxylation is 1. The maximum absolute atomic E-state index is 12.2. The first kappa shape index (κ1) is 17.5. The Bertz CT molecular complexity index is 990. The fourth-order valence-electron chi connectivity index (χ4n) is 2.04. The Labute approximate surface area is 154 Å². The van der Waals surface area contributed by atoms with E-state index in [2.05, 4.69) is 15.3 Å². The number of hydrogen-bond donors (Lipinski definition) is 1. The lowest BCUT2D eigenvalue weighted by atomic mass is 10.2. The highest BCUT2D eigenvalue weighted by atomic mass is 32.2. The normalized spacial score (nSPS) is 11.0. The standard InChI is InChI=1S/C19H14N4O2S/c1-13-9-10-21-19(22-13)26-17-8-7-16(25-17)11-14(12-20)18(24)23-15-5-3-2-4-6-15/h2-11H,1H3,(H,23,24)/b14-11+. The Kier molecular flexibility index (Phi) is 5.46. The van der Waals surface area contributed by atoms with E-state index in [4.69, 9.17) is 4.42 Å². The summed E-state index contributed by atoms with van der Waals surface area (Å²) < 4.78 is 5.64. The van der Waals surface area contributed by atoms with Gasteiger partial charge in [0.2, 0.25) is 0 Å². The molecule has 1 N–H and O–H groups in total. The summed E-state index contributed by atoms with van der Waals surface area (Å²) in [5, 5.41) is 13.1. The zero-order chi connectivity index (χ0) is 18.4. The molecule has 3 rings (SSSR count). The minimum atomic E-state index is -0.494. The predicted molar refractivity (Wildman–Crippen MR) is 98.3 cm³/mol. The summed E-state index contributed by atoms with van der Waals surface area (Å²) in [5.41, 5.74) is 1.43. The fourth-order valence-corrected chi connectivity index (χ4v) is 2.80. The van der Waals surface area contributed by atoms with E-state index in [1.165, 1.54) is 17.8 Å². The van der Waals surface area contributed by atoms with Crippen LogP contribution >= 0.6 is 11.8 Å². The maximum Gasteiger partial charge on any atom is 0.266 e. The van der Waals surface area contributed by atoms with Crippen LogP contribution in [0.4, 0.5) is 5.69 Å². The van der Waals surface area contributed by atoms with Gasteiger partial charge in [-0.25, -0.2) is 9.97 Å². The molecule has 2 heterocycles. The molecule has 1 amide bonds. The number of aromatic nitrogens is 2. The second-order valence-electron chi connectivity index (χ2n) is 5.23. The molecule has 0 saturated heterocycles. The number of furan rings is 1. The summed E-state index contributed by atoms with van der Waals surface area (Å²) in [5.74, 6) is -0.0914. The molecule has 1 aromatic carbocycles. The van der Waals surface area contributed by atoms with Gasteiger partial charge in [0.05, 0.1) is 0 Å². The first-order chi connectivity index (χ1) is 12.6. The third-order valence-electron chi connectivity index (χ3n) is 3.25. The highest BCUT2D eigenvalue weighted by Crippen LogP contribution is 2.27. The Balaban J connectivity index is 1.72. The van der Waals surface area contributed by atoms with Gasteiger partial charge in [-0.05, 0) is 49.0 Å². The van der Waals surface area contributed by atoms with Crippen LogP contribution in [0.15, 0.2) is 75.0 Å². The van der Waals surface area contributed by atoms with Gasteiger partial charge in [-0.15, -0.1) is 0 Å². The number of carbonyl (C=O) groups is 1. The molecule has 0 unspecified atom stereocenters. The van der Waals surface area contributed by atoms with Crippen LogP contribution in [-0.4, -0.2) is 15.9 Å². The molecule has 0 saturated carbocycles. The highest BCUT2D eigenvalue weighted by molar-refractivity contribution is 7.99. The van der Waals surface area contributed by atoms with Crippen molar-refractivity contribution in [2.45, 2.75) is 17.2 Å². The molecule has 2 aromatic heterocycles. The van der Waals surface area contributed by atoms with Crippen molar-refractivity contribution in [3.63, 3.8) is 0 Å². The summed E-state index contributed by atoms with van der Waals surface area (Å²) in [6.45, 7) is 1.88. The number of rotatable bonds is 5.